The van der Waals surface area contributed by atoms with Crippen molar-refractivity contribution in [2.45, 2.75) is 38.0 Å². The van der Waals surface area contributed by atoms with Crippen LogP contribution in [0, 0.1) is 23.0 Å². The van der Waals surface area contributed by atoms with Gasteiger partial charge in [-0.05, 0) is 44.6 Å². The molecule has 1 aliphatic carbocycles. The third kappa shape index (κ3) is 4.17. The number of rotatable bonds is 4. The standard InChI is InChI=1S/C15H19ClN2O3/c1-10-2-5-12(8-14(10)18(20)21)15(19)17-9-11-3-6-13(16)7-4-11/h2,5,8,11,13H,3-4,6-7,9H2,1H3,(H,17,19). The van der Waals surface area contributed by atoms with E-state index in [1.165, 1.54) is 6.07 Å². The summed E-state index contributed by atoms with van der Waals surface area (Å²) in [4.78, 5) is 22.5. The van der Waals surface area contributed by atoms with Gasteiger partial charge in [0, 0.05) is 29.1 Å². The number of nitrogens with zero attached hydrogens (tertiary/aromatic N) is 1. The number of benzene rings is 1. The molecular weight excluding hydrogens is 292 g/mol. The largest absolute Gasteiger partial charge is 0.352 e. The maximum absolute atomic E-state index is 12.1. The van der Waals surface area contributed by atoms with E-state index in [1.807, 2.05) is 0 Å². The van der Waals surface area contributed by atoms with Crippen LogP contribution in [0.4, 0.5) is 5.69 Å². The number of amides is 1. The van der Waals surface area contributed by atoms with Crippen molar-refractivity contribution in [2.75, 3.05) is 6.54 Å². The fourth-order valence-corrected chi connectivity index (χ4v) is 2.86. The second-order valence-electron chi connectivity index (χ2n) is 5.59. The van der Waals surface area contributed by atoms with Crippen LogP contribution in [-0.2, 0) is 0 Å². The van der Waals surface area contributed by atoms with E-state index in [4.69, 9.17) is 11.6 Å². The molecule has 0 bridgehead atoms. The summed E-state index contributed by atoms with van der Waals surface area (Å²) in [5.74, 6) is 0.190. The highest BCUT2D eigenvalue weighted by molar-refractivity contribution is 6.20. The molecule has 1 fully saturated rings. The fourth-order valence-electron chi connectivity index (χ4n) is 2.61. The molecule has 0 aromatic heterocycles. The highest BCUT2D eigenvalue weighted by atomic mass is 35.5. The zero-order chi connectivity index (χ0) is 15.4. The third-order valence-corrected chi connectivity index (χ3v) is 4.43. The molecule has 21 heavy (non-hydrogen) atoms. The minimum atomic E-state index is -0.464. The molecule has 0 heterocycles. The SMILES string of the molecule is Cc1ccc(C(=O)NCC2CCC(Cl)CC2)cc1[N+](=O)[O-]. The Hall–Kier alpha value is -1.62. The van der Waals surface area contributed by atoms with Crippen molar-refractivity contribution in [3.8, 4) is 0 Å². The second-order valence-corrected chi connectivity index (χ2v) is 6.20. The van der Waals surface area contributed by atoms with Crippen LogP contribution in [0.15, 0.2) is 18.2 Å². The van der Waals surface area contributed by atoms with Crippen LogP contribution in [0.3, 0.4) is 0 Å². The van der Waals surface area contributed by atoms with E-state index in [2.05, 4.69) is 5.32 Å². The second kappa shape index (κ2) is 6.89. The van der Waals surface area contributed by atoms with Crippen LogP contribution in [0.5, 0.6) is 0 Å². The minimum Gasteiger partial charge on any atom is -0.352 e. The molecular formula is C15H19ClN2O3. The van der Waals surface area contributed by atoms with E-state index in [9.17, 15) is 14.9 Å². The summed E-state index contributed by atoms with van der Waals surface area (Å²) in [6, 6.07) is 4.55. The lowest BCUT2D eigenvalue weighted by Crippen LogP contribution is -2.31. The molecule has 0 saturated heterocycles. The number of hydrogen-bond donors (Lipinski definition) is 1. The summed E-state index contributed by atoms with van der Waals surface area (Å²) in [6.45, 7) is 2.26. The van der Waals surface area contributed by atoms with E-state index in [1.54, 1.807) is 19.1 Å². The summed E-state index contributed by atoms with van der Waals surface area (Å²) >= 11 is 6.05. The molecule has 2 rings (SSSR count). The van der Waals surface area contributed by atoms with Gasteiger partial charge in [0.05, 0.1) is 4.92 Å². The van der Waals surface area contributed by atoms with E-state index in [0.29, 0.717) is 23.6 Å². The molecule has 1 saturated carbocycles. The van der Waals surface area contributed by atoms with Crippen LogP contribution in [0.2, 0.25) is 0 Å². The van der Waals surface area contributed by atoms with Crippen molar-refractivity contribution in [3.63, 3.8) is 0 Å². The van der Waals surface area contributed by atoms with Gasteiger partial charge >= 0.3 is 0 Å². The molecule has 0 atom stereocenters. The molecule has 1 aromatic rings. The Morgan fingerprint density at radius 3 is 2.67 bits per heavy atom. The Kier molecular flexibility index (Phi) is 5.17. The van der Waals surface area contributed by atoms with Gasteiger partial charge in [0.25, 0.3) is 11.6 Å². The number of alkyl halides is 1. The summed E-state index contributed by atoms with van der Waals surface area (Å²) in [5, 5.41) is 14.0. The normalized spacial score (nSPS) is 21.8. The lowest BCUT2D eigenvalue weighted by atomic mass is 9.89. The zero-order valence-corrected chi connectivity index (χ0v) is 12.7. The molecule has 114 valence electrons. The van der Waals surface area contributed by atoms with Crippen LogP contribution in [0.25, 0.3) is 0 Å². The lowest BCUT2D eigenvalue weighted by Gasteiger charge is -2.25. The summed E-state index contributed by atoms with van der Waals surface area (Å²) < 4.78 is 0. The number of nitro benzene ring substituents is 1. The summed E-state index contributed by atoms with van der Waals surface area (Å²) in [5.41, 5.74) is 0.862. The van der Waals surface area contributed by atoms with Crippen LogP contribution in [-0.4, -0.2) is 22.8 Å². The number of carbonyl (C=O) groups is 1. The average molecular weight is 311 g/mol. The Labute approximate surface area is 128 Å². The summed E-state index contributed by atoms with van der Waals surface area (Å²) in [7, 11) is 0. The van der Waals surface area contributed by atoms with Gasteiger partial charge in [0.2, 0.25) is 0 Å². The number of nitrogens with one attached hydrogen (secondary N) is 1. The highest BCUT2D eigenvalue weighted by Gasteiger charge is 2.20. The van der Waals surface area contributed by atoms with Gasteiger partial charge in [-0.25, -0.2) is 0 Å². The number of carbonyl (C=O) groups excluding carboxylic acids is 1. The van der Waals surface area contributed by atoms with Gasteiger partial charge in [0.15, 0.2) is 0 Å². The van der Waals surface area contributed by atoms with Gasteiger partial charge < -0.3 is 5.32 Å². The van der Waals surface area contributed by atoms with E-state index >= 15 is 0 Å². The van der Waals surface area contributed by atoms with Crippen LogP contribution >= 0.6 is 11.6 Å². The van der Waals surface area contributed by atoms with Gasteiger partial charge in [-0.3, -0.25) is 14.9 Å². The van der Waals surface area contributed by atoms with Gasteiger partial charge in [0.1, 0.15) is 0 Å². The Bertz CT molecular complexity index is 540. The molecule has 5 nitrogen and oxygen atoms in total. The minimum absolute atomic E-state index is 0.0229. The third-order valence-electron chi connectivity index (χ3n) is 4.00. The fraction of sp³-hybridized carbons (Fsp3) is 0.533. The maximum Gasteiger partial charge on any atom is 0.273 e. The van der Waals surface area contributed by atoms with Crippen molar-refractivity contribution in [3.05, 3.63) is 39.4 Å². The monoisotopic (exact) mass is 310 g/mol. The van der Waals surface area contributed by atoms with Crippen molar-refractivity contribution in [2.24, 2.45) is 5.92 Å². The highest BCUT2D eigenvalue weighted by Crippen LogP contribution is 2.27. The van der Waals surface area contributed by atoms with E-state index in [-0.39, 0.29) is 17.0 Å². The van der Waals surface area contributed by atoms with Gasteiger partial charge in [-0.15, -0.1) is 11.6 Å². The number of nitro groups is 1. The number of halogens is 1. The van der Waals surface area contributed by atoms with Crippen molar-refractivity contribution >= 4 is 23.2 Å². The molecule has 1 aromatic carbocycles. The lowest BCUT2D eigenvalue weighted by molar-refractivity contribution is -0.385. The molecule has 0 aliphatic heterocycles. The Balaban J connectivity index is 1.94. The van der Waals surface area contributed by atoms with Gasteiger partial charge in [-0.1, -0.05) is 6.07 Å². The molecule has 1 aliphatic rings. The van der Waals surface area contributed by atoms with Crippen LogP contribution in [0.1, 0.15) is 41.6 Å². The molecule has 1 N–H and O–H groups in total. The first-order chi connectivity index (χ1) is 9.97. The maximum atomic E-state index is 12.1. The van der Waals surface area contributed by atoms with E-state index in [0.717, 1.165) is 25.7 Å². The van der Waals surface area contributed by atoms with Gasteiger partial charge in [-0.2, -0.15) is 0 Å². The van der Waals surface area contributed by atoms with Crippen LogP contribution < -0.4 is 5.32 Å². The summed E-state index contributed by atoms with van der Waals surface area (Å²) in [6.07, 6.45) is 4.00. The Morgan fingerprint density at radius 1 is 1.38 bits per heavy atom. The average Bonchev–Trinajstić information content (AvgIpc) is 2.46. The zero-order valence-electron chi connectivity index (χ0n) is 12.0. The topological polar surface area (TPSA) is 72.2 Å². The first-order valence-electron chi connectivity index (χ1n) is 7.14. The van der Waals surface area contributed by atoms with Crippen molar-refractivity contribution in [1.82, 2.24) is 5.32 Å². The molecule has 0 spiro atoms. The number of hydrogen-bond acceptors (Lipinski definition) is 3. The molecule has 0 radical (unpaired) electrons. The predicted molar refractivity (Wildman–Crippen MR) is 81.8 cm³/mol. The molecule has 0 unspecified atom stereocenters. The smallest absolute Gasteiger partial charge is 0.273 e. The first kappa shape index (κ1) is 15.8. The number of aryl methyl sites for hydroxylation is 1. The van der Waals surface area contributed by atoms with Crippen molar-refractivity contribution < 1.29 is 9.72 Å². The predicted octanol–water partition coefficient (Wildman–Crippen LogP) is 3.43. The molecule has 1 amide bonds. The molecule has 6 heteroatoms. The van der Waals surface area contributed by atoms with E-state index < -0.39 is 4.92 Å². The Morgan fingerprint density at radius 2 is 2.05 bits per heavy atom. The quantitative estimate of drug-likeness (QED) is 0.526. The first-order valence-corrected chi connectivity index (χ1v) is 7.58. The van der Waals surface area contributed by atoms with Crippen molar-refractivity contribution in [1.29, 1.82) is 0 Å².